The fourth-order valence-electron chi connectivity index (χ4n) is 3.63. The third-order valence-corrected chi connectivity index (χ3v) is 4.70. The van der Waals surface area contributed by atoms with Crippen molar-refractivity contribution in [3.05, 3.63) is 23.9 Å². The van der Waals surface area contributed by atoms with Gasteiger partial charge in [0.1, 0.15) is 11.4 Å². The Labute approximate surface area is 158 Å². The molecule has 5 nitrogen and oxygen atoms in total. The highest BCUT2D eigenvalue weighted by molar-refractivity contribution is 5.87. The lowest BCUT2D eigenvalue weighted by atomic mass is 9.94. The zero-order valence-electron chi connectivity index (χ0n) is 17.3. The van der Waals surface area contributed by atoms with Crippen molar-refractivity contribution in [1.29, 1.82) is 0 Å². The monoisotopic (exact) mass is 361 g/mol. The van der Waals surface area contributed by atoms with E-state index in [1.807, 2.05) is 26.8 Å². The summed E-state index contributed by atoms with van der Waals surface area (Å²) in [5.41, 5.74) is 0.618. The Hall–Kier alpha value is -1.62. The van der Waals surface area contributed by atoms with Crippen LogP contribution in [0.5, 0.6) is 0 Å². The first-order valence-corrected chi connectivity index (χ1v) is 9.95. The molecule has 1 aliphatic rings. The molecule has 0 bridgehead atoms. The normalized spacial score (nSPS) is 18.8. The van der Waals surface area contributed by atoms with Gasteiger partial charge in [0.25, 0.3) is 0 Å². The van der Waals surface area contributed by atoms with Crippen molar-refractivity contribution < 1.29 is 9.53 Å². The molecule has 1 aliphatic heterocycles. The van der Waals surface area contributed by atoms with Gasteiger partial charge in [0, 0.05) is 30.4 Å². The summed E-state index contributed by atoms with van der Waals surface area (Å²) in [6, 6.07) is 4.87. The van der Waals surface area contributed by atoms with Crippen molar-refractivity contribution in [2.45, 2.75) is 84.9 Å². The molecular weight excluding hydrogens is 326 g/mol. The van der Waals surface area contributed by atoms with Crippen LogP contribution in [-0.2, 0) is 4.74 Å². The van der Waals surface area contributed by atoms with E-state index in [9.17, 15) is 4.79 Å². The maximum atomic E-state index is 12.8. The van der Waals surface area contributed by atoms with Crippen LogP contribution in [0.1, 0.15) is 78.8 Å². The Balaban J connectivity index is 2.39. The molecule has 0 aliphatic carbocycles. The molecule has 1 aromatic heterocycles. The van der Waals surface area contributed by atoms with E-state index in [1.165, 1.54) is 12.8 Å². The summed E-state index contributed by atoms with van der Waals surface area (Å²) < 4.78 is 5.66. The van der Waals surface area contributed by atoms with Gasteiger partial charge in [-0.1, -0.05) is 19.4 Å². The third kappa shape index (κ3) is 5.19. The van der Waals surface area contributed by atoms with E-state index in [0.717, 1.165) is 30.8 Å². The largest absolute Gasteiger partial charge is 0.443 e. The van der Waals surface area contributed by atoms with E-state index in [0.29, 0.717) is 18.6 Å². The minimum atomic E-state index is -0.521. The molecule has 26 heavy (non-hydrogen) atoms. The summed E-state index contributed by atoms with van der Waals surface area (Å²) in [6.45, 7) is 13.9. The Bertz CT molecular complexity index is 595. The number of carbonyl (C=O) groups is 1. The second-order valence-corrected chi connectivity index (χ2v) is 8.39. The predicted molar refractivity (Wildman–Crippen MR) is 107 cm³/mol. The van der Waals surface area contributed by atoms with E-state index in [4.69, 9.17) is 4.74 Å². The van der Waals surface area contributed by atoms with E-state index in [1.54, 1.807) is 11.1 Å². The van der Waals surface area contributed by atoms with Gasteiger partial charge in [-0.2, -0.15) is 0 Å². The van der Waals surface area contributed by atoms with Gasteiger partial charge in [0.15, 0.2) is 0 Å². The lowest BCUT2D eigenvalue weighted by Gasteiger charge is -2.40. The number of amides is 1. The molecule has 0 radical (unpaired) electrons. The highest BCUT2D eigenvalue weighted by Crippen LogP contribution is 2.37. The molecule has 0 N–H and O–H groups in total. The SMILES string of the molecule is CCCN(C(=O)OC(C)(C)C)c1ncccc1C1CCCCN1C(C)C. The summed E-state index contributed by atoms with van der Waals surface area (Å²) in [6.07, 6.45) is 5.86. The number of hydrogen-bond donors (Lipinski definition) is 0. The molecule has 1 unspecified atom stereocenters. The minimum Gasteiger partial charge on any atom is -0.443 e. The first-order valence-electron chi connectivity index (χ1n) is 9.95. The Morgan fingerprint density at radius 3 is 2.73 bits per heavy atom. The van der Waals surface area contributed by atoms with Crippen molar-refractivity contribution in [3.8, 4) is 0 Å². The van der Waals surface area contributed by atoms with Crippen LogP contribution in [0.4, 0.5) is 10.6 Å². The standard InChI is InChI=1S/C21H35N3O2/c1-7-14-24(20(25)26-21(4,5)6)19-17(11-10-13-22-19)18-12-8-9-15-23(18)16(2)3/h10-11,13,16,18H,7-9,12,14-15H2,1-6H3. The molecule has 1 amide bonds. The van der Waals surface area contributed by atoms with E-state index < -0.39 is 5.60 Å². The van der Waals surface area contributed by atoms with Crippen LogP contribution < -0.4 is 4.90 Å². The van der Waals surface area contributed by atoms with Gasteiger partial charge in [0.2, 0.25) is 0 Å². The lowest BCUT2D eigenvalue weighted by Crippen LogP contribution is -2.41. The van der Waals surface area contributed by atoms with Crippen LogP contribution in [-0.4, -0.2) is 40.7 Å². The van der Waals surface area contributed by atoms with Gasteiger partial charge in [-0.15, -0.1) is 0 Å². The van der Waals surface area contributed by atoms with Crippen LogP contribution in [0.25, 0.3) is 0 Å². The Morgan fingerprint density at radius 1 is 1.38 bits per heavy atom. The van der Waals surface area contributed by atoms with Gasteiger partial charge >= 0.3 is 6.09 Å². The number of nitrogens with zero attached hydrogens (tertiary/aromatic N) is 3. The van der Waals surface area contributed by atoms with Crippen molar-refractivity contribution in [3.63, 3.8) is 0 Å². The molecule has 1 saturated heterocycles. The number of carbonyl (C=O) groups excluding carboxylic acids is 1. The highest BCUT2D eigenvalue weighted by atomic mass is 16.6. The summed E-state index contributed by atoms with van der Waals surface area (Å²) in [5.74, 6) is 0.751. The van der Waals surface area contributed by atoms with Crippen LogP contribution in [0.15, 0.2) is 18.3 Å². The van der Waals surface area contributed by atoms with E-state index >= 15 is 0 Å². The second-order valence-electron chi connectivity index (χ2n) is 8.39. The topological polar surface area (TPSA) is 45.7 Å². The summed E-state index contributed by atoms with van der Waals surface area (Å²) in [4.78, 5) is 21.7. The van der Waals surface area contributed by atoms with Crippen LogP contribution >= 0.6 is 0 Å². The van der Waals surface area contributed by atoms with E-state index in [-0.39, 0.29) is 6.09 Å². The molecular formula is C21H35N3O2. The molecule has 1 fully saturated rings. The van der Waals surface area contributed by atoms with Crippen molar-refractivity contribution >= 4 is 11.9 Å². The number of rotatable bonds is 5. The first-order chi connectivity index (χ1) is 12.2. The molecule has 1 atom stereocenters. The molecule has 146 valence electrons. The van der Waals surface area contributed by atoms with Crippen LogP contribution in [0.3, 0.4) is 0 Å². The van der Waals surface area contributed by atoms with E-state index in [2.05, 4.69) is 36.7 Å². The zero-order valence-corrected chi connectivity index (χ0v) is 17.3. The van der Waals surface area contributed by atoms with Gasteiger partial charge in [-0.05, 0) is 66.5 Å². The molecule has 2 rings (SSSR count). The maximum absolute atomic E-state index is 12.8. The molecule has 1 aromatic rings. The fourth-order valence-corrected chi connectivity index (χ4v) is 3.63. The average molecular weight is 362 g/mol. The van der Waals surface area contributed by atoms with Gasteiger partial charge in [-0.3, -0.25) is 9.80 Å². The molecule has 5 heteroatoms. The first kappa shape index (κ1) is 20.7. The second kappa shape index (κ2) is 8.85. The number of ether oxygens (including phenoxy) is 1. The number of aromatic nitrogens is 1. The molecule has 0 aromatic carbocycles. The summed E-state index contributed by atoms with van der Waals surface area (Å²) in [7, 11) is 0. The zero-order chi connectivity index (χ0) is 19.3. The minimum absolute atomic E-state index is 0.300. The summed E-state index contributed by atoms with van der Waals surface area (Å²) in [5, 5.41) is 0. The Morgan fingerprint density at radius 2 is 2.12 bits per heavy atom. The third-order valence-electron chi connectivity index (χ3n) is 4.70. The Kier molecular flexibility index (Phi) is 7.04. The number of piperidine rings is 1. The van der Waals surface area contributed by atoms with Crippen LogP contribution in [0, 0.1) is 0 Å². The fraction of sp³-hybridized carbons (Fsp3) is 0.714. The van der Waals surface area contributed by atoms with Gasteiger partial charge < -0.3 is 4.74 Å². The maximum Gasteiger partial charge on any atom is 0.416 e. The van der Waals surface area contributed by atoms with Gasteiger partial charge in [-0.25, -0.2) is 9.78 Å². The van der Waals surface area contributed by atoms with Crippen LogP contribution in [0.2, 0.25) is 0 Å². The van der Waals surface area contributed by atoms with Crippen molar-refractivity contribution in [1.82, 2.24) is 9.88 Å². The number of pyridine rings is 1. The predicted octanol–water partition coefficient (Wildman–Crippen LogP) is 5.17. The quantitative estimate of drug-likeness (QED) is 0.726. The number of hydrogen-bond acceptors (Lipinski definition) is 4. The average Bonchev–Trinajstić information content (AvgIpc) is 2.58. The number of anilines is 1. The smallest absolute Gasteiger partial charge is 0.416 e. The highest BCUT2D eigenvalue weighted by Gasteiger charge is 2.32. The molecule has 0 spiro atoms. The lowest BCUT2D eigenvalue weighted by molar-refractivity contribution is 0.0577. The number of likely N-dealkylation sites (tertiary alicyclic amines) is 1. The van der Waals surface area contributed by atoms with Gasteiger partial charge in [0.05, 0.1) is 0 Å². The van der Waals surface area contributed by atoms with Crippen molar-refractivity contribution in [2.75, 3.05) is 18.0 Å². The molecule has 2 heterocycles. The summed E-state index contributed by atoms with van der Waals surface area (Å²) >= 11 is 0. The molecule has 0 saturated carbocycles. The van der Waals surface area contributed by atoms with Crippen molar-refractivity contribution in [2.24, 2.45) is 0 Å².